The maximum atomic E-state index is 5.85. The minimum Gasteiger partial charge on any atom is -0.396 e. The molecule has 2 rings (SSSR count). The molecule has 0 spiro atoms. The summed E-state index contributed by atoms with van der Waals surface area (Å²) < 4.78 is 2.88. The summed E-state index contributed by atoms with van der Waals surface area (Å²) in [6, 6.07) is 2.09. The van der Waals surface area contributed by atoms with E-state index in [0.29, 0.717) is 0 Å². The van der Waals surface area contributed by atoms with Crippen molar-refractivity contribution in [1.29, 1.82) is 0 Å². The molecule has 5 heteroatoms. The molecule has 74 valence electrons. The Hall–Kier alpha value is -0.810. The minimum atomic E-state index is 0.718. The molecule has 0 atom stereocenters. The minimum absolute atomic E-state index is 0.718. The molecule has 0 aliphatic rings. The molecule has 0 saturated carbocycles. The summed E-state index contributed by atoms with van der Waals surface area (Å²) in [6.45, 7) is 2.07. The van der Waals surface area contributed by atoms with E-state index in [-0.39, 0.29) is 0 Å². The van der Waals surface area contributed by atoms with Crippen LogP contribution in [0.3, 0.4) is 0 Å². The Morgan fingerprint density at radius 3 is 2.71 bits per heavy atom. The highest BCUT2D eigenvalue weighted by Gasteiger charge is 2.13. The molecule has 2 aromatic rings. The van der Waals surface area contributed by atoms with Crippen LogP contribution < -0.4 is 5.73 Å². The number of nitrogen functional groups attached to an aromatic ring is 1. The number of nitrogens with zero attached hydrogens (tertiary/aromatic N) is 2. The molecule has 14 heavy (non-hydrogen) atoms. The van der Waals surface area contributed by atoms with Crippen molar-refractivity contribution in [3.63, 3.8) is 0 Å². The van der Waals surface area contributed by atoms with Crippen LogP contribution in [0.15, 0.2) is 16.7 Å². The molecule has 2 aromatic heterocycles. The first-order valence-corrected chi connectivity index (χ1v) is 5.74. The van der Waals surface area contributed by atoms with Gasteiger partial charge in [-0.15, -0.1) is 11.3 Å². The number of aryl methyl sites for hydroxylation is 2. The van der Waals surface area contributed by atoms with Crippen LogP contribution in [0.1, 0.15) is 4.88 Å². The van der Waals surface area contributed by atoms with E-state index in [2.05, 4.69) is 34.0 Å². The Balaban J connectivity index is 2.65. The van der Waals surface area contributed by atoms with Crippen LogP contribution >= 0.6 is 27.3 Å². The first-order valence-electron chi connectivity index (χ1n) is 4.13. The van der Waals surface area contributed by atoms with Gasteiger partial charge in [0.2, 0.25) is 0 Å². The monoisotopic (exact) mass is 271 g/mol. The van der Waals surface area contributed by atoms with Crippen molar-refractivity contribution in [2.45, 2.75) is 6.92 Å². The van der Waals surface area contributed by atoms with E-state index in [1.807, 2.05) is 7.05 Å². The van der Waals surface area contributed by atoms with Gasteiger partial charge in [-0.05, 0) is 28.9 Å². The number of nitrogens with two attached hydrogens (primary N) is 1. The zero-order valence-corrected chi connectivity index (χ0v) is 10.3. The average Bonchev–Trinajstić information content (AvgIpc) is 2.57. The van der Waals surface area contributed by atoms with Gasteiger partial charge in [0, 0.05) is 16.4 Å². The fourth-order valence-corrected chi connectivity index (χ4v) is 3.30. The Labute approximate surface area is 94.7 Å². The molecule has 0 bridgehead atoms. The van der Waals surface area contributed by atoms with Gasteiger partial charge in [0.25, 0.3) is 0 Å². The third-order valence-electron chi connectivity index (χ3n) is 1.99. The number of rotatable bonds is 1. The van der Waals surface area contributed by atoms with Gasteiger partial charge in [0.1, 0.15) is 5.69 Å². The molecule has 2 N–H and O–H groups in total. The first kappa shape index (κ1) is 9.73. The normalized spacial score (nSPS) is 10.8. The van der Waals surface area contributed by atoms with Gasteiger partial charge in [-0.25, -0.2) is 0 Å². The van der Waals surface area contributed by atoms with Gasteiger partial charge < -0.3 is 5.73 Å². The molecule has 0 aromatic carbocycles. The number of hydrogen-bond acceptors (Lipinski definition) is 3. The van der Waals surface area contributed by atoms with E-state index >= 15 is 0 Å². The summed E-state index contributed by atoms with van der Waals surface area (Å²) in [5.74, 6) is 0. The van der Waals surface area contributed by atoms with Gasteiger partial charge in [-0.2, -0.15) is 5.10 Å². The second-order valence-corrected chi connectivity index (χ2v) is 5.22. The maximum Gasteiger partial charge on any atom is 0.102 e. The number of aromatic nitrogens is 2. The zero-order valence-electron chi connectivity index (χ0n) is 7.91. The lowest BCUT2D eigenvalue weighted by Gasteiger charge is -2.00. The fraction of sp³-hybridized carbons (Fsp3) is 0.222. The van der Waals surface area contributed by atoms with Gasteiger partial charge in [-0.3, -0.25) is 4.68 Å². The predicted octanol–water partition coefficient (Wildman–Crippen LogP) is 2.80. The quantitative estimate of drug-likeness (QED) is 0.867. The van der Waals surface area contributed by atoms with E-state index < -0.39 is 0 Å². The molecule has 0 amide bonds. The van der Waals surface area contributed by atoms with Crippen LogP contribution in [0.4, 0.5) is 5.69 Å². The van der Waals surface area contributed by atoms with E-state index in [9.17, 15) is 0 Å². The maximum absolute atomic E-state index is 5.85. The summed E-state index contributed by atoms with van der Waals surface area (Å²) in [5, 5.41) is 4.12. The Morgan fingerprint density at radius 1 is 1.57 bits per heavy atom. The van der Waals surface area contributed by atoms with Crippen molar-refractivity contribution in [2.24, 2.45) is 7.05 Å². The fourth-order valence-electron chi connectivity index (χ4n) is 1.38. The number of anilines is 1. The Bertz CT molecular complexity index is 453. The lowest BCUT2D eigenvalue weighted by atomic mass is 10.3. The topological polar surface area (TPSA) is 43.8 Å². The molecule has 0 fully saturated rings. The smallest absolute Gasteiger partial charge is 0.102 e. The van der Waals surface area contributed by atoms with E-state index in [1.165, 1.54) is 4.88 Å². The largest absolute Gasteiger partial charge is 0.396 e. The second kappa shape index (κ2) is 3.40. The van der Waals surface area contributed by atoms with Crippen LogP contribution in [0.25, 0.3) is 10.6 Å². The first-order chi connectivity index (χ1) is 6.59. The lowest BCUT2D eigenvalue weighted by Crippen LogP contribution is -1.94. The van der Waals surface area contributed by atoms with Gasteiger partial charge in [0.05, 0.1) is 16.8 Å². The molecular weight excluding hydrogens is 262 g/mol. The highest BCUT2D eigenvalue weighted by Crippen LogP contribution is 2.38. The van der Waals surface area contributed by atoms with Crippen LogP contribution in [-0.4, -0.2) is 9.78 Å². The molecule has 3 nitrogen and oxygen atoms in total. The summed E-state index contributed by atoms with van der Waals surface area (Å²) in [6.07, 6.45) is 1.68. The summed E-state index contributed by atoms with van der Waals surface area (Å²) in [7, 11) is 1.90. The molecule has 2 heterocycles. The Kier molecular flexibility index (Phi) is 2.36. The lowest BCUT2D eigenvalue weighted by molar-refractivity contribution is 0.777. The van der Waals surface area contributed by atoms with E-state index in [1.54, 1.807) is 22.2 Å². The molecule has 0 aliphatic heterocycles. The highest BCUT2D eigenvalue weighted by atomic mass is 79.9. The standard InChI is InChI=1S/C9H10BrN3S/c1-5-3-6(10)9(14-5)8-7(11)4-12-13(8)2/h3-4H,11H2,1-2H3. The van der Waals surface area contributed by atoms with Crippen molar-refractivity contribution in [1.82, 2.24) is 9.78 Å². The van der Waals surface area contributed by atoms with Crippen molar-refractivity contribution in [3.05, 3.63) is 21.6 Å². The highest BCUT2D eigenvalue weighted by molar-refractivity contribution is 9.10. The summed E-state index contributed by atoms with van der Waals surface area (Å²) in [4.78, 5) is 2.40. The van der Waals surface area contributed by atoms with Crippen LogP contribution in [0, 0.1) is 6.92 Å². The van der Waals surface area contributed by atoms with Crippen molar-refractivity contribution in [2.75, 3.05) is 5.73 Å². The zero-order chi connectivity index (χ0) is 10.3. The van der Waals surface area contributed by atoms with Crippen molar-refractivity contribution < 1.29 is 0 Å². The van der Waals surface area contributed by atoms with E-state index in [4.69, 9.17) is 5.73 Å². The van der Waals surface area contributed by atoms with Crippen LogP contribution in [-0.2, 0) is 7.05 Å². The van der Waals surface area contributed by atoms with Gasteiger partial charge in [-0.1, -0.05) is 0 Å². The van der Waals surface area contributed by atoms with Gasteiger partial charge >= 0.3 is 0 Å². The van der Waals surface area contributed by atoms with Crippen molar-refractivity contribution >= 4 is 33.0 Å². The molecular formula is C9H10BrN3S. The second-order valence-electron chi connectivity index (χ2n) is 3.11. The number of thiophene rings is 1. The molecule has 0 saturated heterocycles. The third-order valence-corrected chi connectivity index (χ3v) is 3.94. The van der Waals surface area contributed by atoms with E-state index in [0.717, 1.165) is 20.7 Å². The average molecular weight is 272 g/mol. The predicted molar refractivity (Wildman–Crippen MR) is 63.4 cm³/mol. The summed E-state index contributed by atoms with van der Waals surface area (Å²) in [5.41, 5.74) is 7.55. The van der Waals surface area contributed by atoms with Crippen LogP contribution in [0.2, 0.25) is 0 Å². The van der Waals surface area contributed by atoms with Gasteiger partial charge in [0.15, 0.2) is 0 Å². The molecule has 0 radical (unpaired) electrons. The Morgan fingerprint density at radius 2 is 2.29 bits per heavy atom. The molecule has 0 aliphatic carbocycles. The molecule has 0 unspecified atom stereocenters. The third kappa shape index (κ3) is 1.46. The SMILES string of the molecule is Cc1cc(Br)c(-c2c(N)cnn2C)s1. The number of hydrogen-bond donors (Lipinski definition) is 1. The summed E-state index contributed by atoms with van der Waals surface area (Å²) >= 11 is 5.23. The van der Waals surface area contributed by atoms with Crippen molar-refractivity contribution in [3.8, 4) is 10.6 Å². The van der Waals surface area contributed by atoms with Crippen LogP contribution in [0.5, 0.6) is 0 Å². The number of halogens is 1.